The Morgan fingerprint density at radius 3 is 1.97 bits per heavy atom. The van der Waals surface area contributed by atoms with E-state index in [1.165, 1.54) is 12.1 Å². The molecule has 4 aromatic carbocycles. The highest BCUT2D eigenvalue weighted by Gasteiger charge is 2.15. The van der Waals surface area contributed by atoms with E-state index >= 15 is 0 Å². The Morgan fingerprint density at radius 1 is 0.676 bits per heavy atom. The number of anilines is 1. The van der Waals surface area contributed by atoms with E-state index in [1.54, 1.807) is 35.6 Å². The molecule has 5 nitrogen and oxygen atoms in total. The van der Waals surface area contributed by atoms with Crippen LogP contribution in [0.15, 0.2) is 119 Å². The number of nitrogens with one attached hydrogen (secondary N) is 1. The van der Waals surface area contributed by atoms with Crippen molar-refractivity contribution in [2.24, 2.45) is 0 Å². The number of hydrogen-bond acceptors (Lipinski definition) is 5. The summed E-state index contributed by atoms with van der Waals surface area (Å²) in [5.74, 6) is 1.25. The number of rotatable bonds is 7. The molecule has 0 atom stereocenters. The number of aromatic nitrogens is 1. The molecular formula is C27H20N2O3S2. The molecule has 0 radical (unpaired) electrons. The Hall–Kier alpha value is -3.94. The van der Waals surface area contributed by atoms with Gasteiger partial charge in [-0.1, -0.05) is 60.7 Å². The first-order valence-electron chi connectivity index (χ1n) is 10.5. The summed E-state index contributed by atoms with van der Waals surface area (Å²) in [6, 6.07) is 32.8. The van der Waals surface area contributed by atoms with Gasteiger partial charge in [-0.2, -0.15) is 0 Å². The second-order valence-electron chi connectivity index (χ2n) is 7.47. The lowest BCUT2D eigenvalue weighted by atomic mass is 10.1. The summed E-state index contributed by atoms with van der Waals surface area (Å²) < 4.78 is 34.0. The molecular weight excluding hydrogens is 464 g/mol. The summed E-state index contributed by atoms with van der Waals surface area (Å²) >= 11 is 1.58. The van der Waals surface area contributed by atoms with Crippen LogP contribution in [0.2, 0.25) is 0 Å². The number of hydrogen-bond donors (Lipinski definition) is 1. The number of benzene rings is 4. The van der Waals surface area contributed by atoms with Gasteiger partial charge in [0.1, 0.15) is 16.5 Å². The molecule has 0 amide bonds. The van der Waals surface area contributed by atoms with Crippen molar-refractivity contribution in [3.8, 4) is 33.3 Å². The average Bonchev–Trinajstić information content (AvgIpc) is 3.36. The van der Waals surface area contributed by atoms with Crippen LogP contribution in [0.4, 0.5) is 5.69 Å². The third-order valence-electron chi connectivity index (χ3n) is 5.07. The zero-order valence-corrected chi connectivity index (χ0v) is 19.6. The van der Waals surface area contributed by atoms with Gasteiger partial charge < -0.3 is 4.74 Å². The summed E-state index contributed by atoms with van der Waals surface area (Å²) in [7, 11) is -3.73. The van der Waals surface area contributed by atoms with Crippen LogP contribution in [-0.4, -0.2) is 13.4 Å². The third kappa shape index (κ3) is 5.01. The van der Waals surface area contributed by atoms with Gasteiger partial charge in [-0.15, -0.1) is 11.3 Å². The molecule has 0 saturated heterocycles. The summed E-state index contributed by atoms with van der Waals surface area (Å²) in [4.78, 5) is 4.87. The lowest BCUT2D eigenvalue weighted by Gasteiger charge is -2.10. The summed E-state index contributed by atoms with van der Waals surface area (Å²) in [5, 5.41) is 2.95. The Balaban J connectivity index is 1.27. The first-order valence-corrected chi connectivity index (χ1v) is 12.9. The minimum Gasteiger partial charge on any atom is -0.457 e. The van der Waals surface area contributed by atoms with Gasteiger partial charge in [0.25, 0.3) is 10.0 Å². The van der Waals surface area contributed by atoms with Crippen molar-refractivity contribution >= 4 is 27.0 Å². The highest BCUT2D eigenvalue weighted by atomic mass is 32.2. The number of sulfonamides is 1. The van der Waals surface area contributed by atoms with E-state index in [4.69, 9.17) is 9.72 Å². The molecule has 34 heavy (non-hydrogen) atoms. The normalized spacial score (nSPS) is 11.2. The molecule has 168 valence electrons. The highest BCUT2D eigenvalue weighted by Crippen LogP contribution is 2.30. The summed E-state index contributed by atoms with van der Waals surface area (Å²) in [6.45, 7) is 0. The molecule has 1 heterocycles. The van der Waals surface area contributed by atoms with Crippen LogP contribution in [0.25, 0.3) is 21.8 Å². The van der Waals surface area contributed by atoms with Crippen molar-refractivity contribution in [2.75, 3.05) is 4.72 Å². The average molecular weight is 485 g/mol. The van der Waals surface area contributed by atoms with Gasteiger partial charge in [0.2, 0.25) is 0 Å². The van der Waals surface area contributed by atoms with Crippen molar-refractivity contribution in [2.45, 2.75) is 4.90 Å². The van der Waals surface area contributed by atoms with Gasteiger partial charge in [-0.25, -0.2) is 13.4 Å². The second-order valence-corrected chi connectivity index (χ2v) is 10.0. The first-order chi connectivity index (χ1) is 16.6. The van der Waals surface area contributed by atoms with Crippen LogP contribution in [0.5, 0.6) is 11.5 Å². The predicted octanol–water partition coefficient (Wildman–Crippen LogP) is 7.07. The monoisotopic (exact) mass is 484 g/mol. The van der Waals surface area contributed by atoms with Gasteiger partial charge in [0.15, 0.2) is 0 Å². The zero-order valence-electron chi connectivity index (χ0n) is 18.0. The lowest BCUT2D eigenvalue weighted by Crippen LogP contribution is -2.12. The molecule has 0 bridgehead atoms. The Kier molecular flexibility index (Phi) is 6.12. The molecule has 0 saturated carbocycles. The van der Waals surface area contributed by atoms with Gasteiger partial charge in [0, 0.05) is 22.2 Å². The van der Waals surface area contributed by atoms with Crippen molar-refractivity contribution in [1.29, 1.82) is 0 Å². The van der Waals surface area contributed by atoms with Crippen molar-refractivity contribution in [1.82, 2.24) is 4.98 Å². The zero-order chi connectivity index (χ0) is 23.4. The van der Waals surface area contributed by atoms with Crippen LogP contribution in [0.1, 0.15) is 0 Å². The molecule has 0 spiro atoms. The van der Waals surface area contributed by atoms with E-state index in [2.05, 4.69) is 4.72 Å². The van der Waals surface area contributed by atoms with Gasteiger partial charge in [0.05, 0.1) is 10.6 Å². The van der Waals surface area contributed by atoms with Crippen LogP contribution >= 0.6 is 11.3 Å². The van der Waals surface area contributed by atoms with E-state index in [1.807, 2.05) is 78.2 Å². The summed E-state index contributed by atoms with van der Waals surface area (Å²) in [6.07, 6.45) is 0. The second kappa shape index (κ2) is 9.51. The molecule has 0 aliphatic heterocycles. The number of para-hydroxylation sites is 1. The molecule has 5 aromatic rings. The van der Waals surface area contributed by atoms with E-state index in [-0.39, 0.29) is 4.90 Å². The quantitative estimate of drug-likeness (QED) is 0.268. The van der Waals surface area contributed by atoms with E-state index < -0.39 is 10.0 Å². The first kappa shape index (κ1) is 21.9. The van der Waals surface area contributed by atoms with Crippen LogP contribution < -0.4 is 9.46 Å². The van der Waals surface area contributed by atoms with Crippen LogP contribution in [0.3, 0.4) is 0 Å². The molecule has 0 aliphatic rings. The fourth-order valence-electron chi connectivity index (χ4n) is 3.35. The van der Waals surface area contributed by atoms with Crippen molar-refractivity contribution in [3.05, 3.63) is 115 Å². The van der Waals surface area contributed by atoms with E-state index in [0.29, 0.717) is 17.2 Å². The van der Waals surface area contributed by atoms with Crippen LogP contribution in [0, 0.1) is 0 Å². The van der Waals surface area contributed by atoms with E-state index in [0.717, 1.165) is 21.8 Å². The fraction of sp³-hybridized carbons (Fsp3) is 0. The van der Waals surface area contributed by atoms with Gasteiger partial charge in [-0.05, 0) is 48.5 Å². The molecule has 5 rings (SSSR count). The third-order valence-corrected chi connectivity index (χ3v) is 7.36. The molecule has 0 fully saturated rings. The fourth-order valence-corrected chi connectivity index (χ4v) is 5.25. The van der Waals surface area contributed by atoms with Crippen LogP contribution in [-0.2, 0) is 10.0 Å². The van der Waals surface area contributed by atoms with E-state index in [9.17, 15) is 8.42 Å². The number of ether oxygens (including phenoxy) is 1. The Bertz CT molecular complexity index is 1480. The minimum absolute atomic E-state index is 0.156. The molecule has 1 aromatic heterocycles. The Morgan fingerprint density at radius 2 is 1.29 bits per heavy atom. The molecule has 0 aliphatic carbocycles. The highest BCUT2D eigenvalue weighted by molar-refractivity contribution is 7.92. The Labute approximate surface area is 202 Å². The van der Waals surface area contributed by atoms with Gasteiger partial charge in [-0.3, -0.25) is 4.72 Å². The summed E-state index contributed by atoms with van der Waals surface area (Å²) in [5.41, 5.74) is 3.33. The maximum atomic E-state index is 12.8. The maximum absolute atomic E-state index is 12.8. The topological polar surface area (TPSA) is 68.3 Å². The molecule has 0 unspecified atom stereocenters. The van der Waals surface area contributed by atoms with Crippen molar-refractivity contribution < 1.29 is 13.2 Å². The van der Waals surface area contributed by atoms with Crippen molar-refractivity contribution in [3.63, 3.8) is 0 Å². The maximum Gasteiger partial charge on any atom is 0.261 e. The molecule has 7 heteroatoms. The number of thiazole rings is 1. The van der Waals surface area contributed by atoms with Gasteiger partial charge >= 0.3 is 0 Å². The predicted molar refractivity (Wildman–Crippen MR) is 137 cm³/mol. The molecule has 1 N–H and O–H groups in total. The minimum atomic E-state index is -3.73. The largest absolute Gasteiger partial charge is 0.457 e. The number of nitrogens with zero attached hydrogens (tertiary/aromatic N) is 1. The lowest BCUT2D eigenvalue weighted by molar-refractivity contribution is 0.482. The standard InChI is InChI=1S/C27H20N2O3S2/c30-34(31,25-17-15-24(16-18-25)32-23-9-5-2-6-10-23)29-22-13-11-20(12-14-22)26-19-33-27(28-26)21-7-3-1-4-8-21/h1-19,29H. The smallest absolute Gasteiger partial charge is 0.261 e. The SMILES string of the molecule is O=S(=O)(Nc1ccc(-c2csc(-c3ccccc3)n2)cc1)c1ccc(Oc2ccccc2)cc1.